The first kappa shape index (κ1) is 19.0. The van der Waals surface area contributed by atoms with E-state index in [-0.39, 0.29) is 11.7 Å². The van der Waals surface area contributed by atoms with Gasteiger partial charge in [0, 0.05) is 11.5 Å². The summed E-state index contributed by atoms with van der Waals surface area (Å²) < 4.78 is 5.47. The molecule has 1 aromatic heterocycles. The summed E-state index contributed by atoms with van der Waals surface area (Å²) in [5, 5.41) is 6.71. The van der Waals surface area contributed by atoms with Crippen molar-refractivity contribution in [2.45, 2.75) is 26.2 Å². The Labute approximate surface area is 186 Å². The smallest absolute Gasteiger partial charge is 0.175 e. The van der Waals surface area contributed by atoms with E-state index in [2.05, 4.69) is 53.7 Å². The van der Waals surface area contributed by atoms with Crippen LogP contribution in [0.25, 0.3) is 34.5 Å². The second-order valence-corrected chi connectivity index (χ2v) is 8.67. The van der Waals surface area contributed by atoms with Gasteiger partial charge in [-0.3, -0.25) is 4.79 Å². The van der Waals surface area contributed by atoms with Crippen LogP contribution >= 0.6 is 0 Å². The van der Waals surface area contributed by atoms with Crippen LogP contribution in [-0.2, 0) is 12.8 Å². The molecule has 6 rings (SSSR count). The highest BCUT2D eigenvalue weighted by Gasteiger charge is 2.29. The quantitative estimate of drug-likeness (QED) is 0.446. The summed E-state index contributed by atoms with van der Waals surface area (Å²) in [4.78, 5) is 13.7. The van der Waals surface area contributed by atoms with Gasteiger partial charge in [0.1, 0.15) is 11.5 Å². The van der Waals surface area contributed by atoms with Crippen LogP contribution in [0.4, 0.5) is 0 Å². The molecule has 2 aliphatic rings. The molecule has 1 heterocycles. The first-order valence-electron chi connectivity index (χ1n) is 11.2. The fourth-order valence-electron chi connectivity index (χ4n) is 5.17. The number of ketones is 1. The lowest BCUT2D eigenvalue weighted by Crippen LogP contribution is -2.37. The Balaban J connectivity index is 1.46. The van der Waals surface area contributed by atoms with Gasteiger partial charge in [-0.15, -0.1) is 0 Å². The number of hydrogen-bond donors (Lipinski definition) is 0. The molecule has 1 unspecified atom stereocenters. The Hall–Kier alpha value is -3.72. The molecule has 0 N–H and O–H groups in total. The number of hydrogen-bond acceptors (Lipinski definition) is 3. The Morgan fingerprint density at radius 1 is 0.906 bits per heavy atom. The van der Waals surface area contributed by atoms with Crippen LogP contribution in [0.5, 0.6) is 0 Å². The zero-order valence-electron chi connectivity index (χ0n) is 18.0. The average molecular weight is 418 g/mol. The van der Waals surface area contributed by atoms with Gasteiger partial charge in [0.15, 0.2) is 5.78 Å². The van der Waals surface area contributed by atoms with Crippen molar-refractivity contribution in [2.24, 2.45) is 5.92 Å². The molecule has 0 saturated carbocycles. The van der Waals surface area contributed by atoms with Gasteiger partial charge in [0.2, 0.25) is 0 Å². The van der Waals surface area contributed by atoms with E-state index in [1.54, 1.807) is 0 Å². The maximum absolute atomic E-state index is 13.7. The molecule has 0 radical (unpaired) electrons. The SMILES string of the molecule is Cc1onc(-c2ccccc2)c1C(=O)C1C=c2c(ccc3c2=CCc2ccccc2-3)CC1. The van der Waals surface area contributed by atoms with Crippen LogP contribution < -0.4 is 10.4 Å². The molecule has 3 heteroatoms. The molecule has 0 bridgehead atoms. The highest BCUT2D eigenvalue weighted by Crippen LogP contribution is 2.30. The van der Waals surface area contributed by atoms with Crippen molar-refractivity contribution in [3.8, 4) is 22.4 Å². The molecule has 0 fully saturated rings. The maximum Gasteiger partial charge on any atom is 0.175 e. The van der Waals surface area contributed by atoms with E-state index >= 15 is 0 Å². The minimum Gasteiger partial charge on any atom is -0.360 e. The normalized spacial score (nSPS) is 16.2. The Morgan fingerprint density at radius 2 is 1.72 bits per heavy atom. The summed E-state index contributed by atoms with van der Waals surface area (Å²) >= 11 is 0. The molecule has 3 nitrogen and oxygen atoms in total. The second-order valence-electron chi connectivity index (χ2n) is 8.67. The van der Waals surface area contributed by atoms with Gasteiger partial charge in [0.05, 0.1) is 5.56 Å². The monoisotopic (exact) mass is 417 g/mol. The van der Waals surface area contributed by atoms with Gasteiger partial charge in [-0.05, 0) is 58.9 Å². The lowest BCUT2D eigenvalue weighted by atomic mass is 9.82. The summed E-state index contributed by atoms with van der Waals surface area (Å²) in [6, 6.07) is 22.9. The zero-order chi connectivity index (χ0) is 21.7. The van der Waals surface area contributed by atoms with Crippen LogP contribution in [0.3, 0.4) is 0 Å². The molecule has 0 spiro atoms. The first-order valence-corrected chi connectivity index (χ1v) is 11.2. The Kier molecular flexibility index (Phi) is 4.43. The molecule has 32 heavy (non-hydrogen) atoms. The standard InChI is InChI=1S/C29H23NO2/c1-18-27(28(30-32-18)21-8-3-2-4-9-21)29(31)22-12-11-20-14-15-24-23-10-6-5-7-19(23)13-16-25(24)26(20)17-22/h2-10,14-17,22H,11-13H2,1H3. The van der Waals surface area contributed by atoms with Crippen LogP contribution in [0, 0.1) is 12.8 Å². The van der Waals surface area contributed by atoms with Crippen molar-refractivity contribution >= 4 is 17.9 Å². The van der Waals surface area contributed by atoms with E-state index in [0.29, 0.717) is 17.0 Å². The lowest BCUT2D eigenvalue weighted by Gasteiger charge is -2.21. The summed E-state index contributed by atoms with van der Waals surface area (Å²) in [5.41, 5.74) is 7.41. The fraction of sp³-hybridized carbons (Fsp3) is 0.172. The predicted molar refractivity (Wildman–Crippen MR) is 127 cm³/mol. The summed E-state index contributed by atoms with van der Waals surface area (Å²) in [5.74, 6) is 0.505. The second kappa shape index (κ2) is 7.45. The summed E-state index contributed by atoms with van der Waals surface area (Å²) in [7, 11) is 0. The molecule has 0 aliphatic heterocycles. The number of carbonyl (C=O) groups excluding carboxylic acids is 1. The molecule has 1 atom stereocenters. The number of benzene rings is 3. The molecule has 0 amide bonds. The topological polar surface area (TPSA) is 43.1 Å². The molecular formula is C29H23NO2. The van der Waals surface area contributed by atoms with E-state index in [9.17, 15) is 4.79 Å². The minimum absolute atomic E-state index is 0.0991. The van der Waals surface area contributed by atoms with Gasteiger partial charge in [-0.25, -0.2) is 0 Å². The molecule has 2 aliphatic carbocycles. The van der Waals surface area contributed by atoms with Gasteiger partial charge in [-0.2, -0.15) is 0 Å². The van der Waals surface area contributed by atoms with E-state index in [1.165, 1.54) is 32.7 Å². The fourth-order valence-corrected chi connectivity index (χ4v) is 5.17. The number of rotatable bonds is 3. The summed E-state index contributed by atoms with van der Waals surface area (Å²) in [6.45, 7) is 1.83. The third kappa shape index (κ3) is 2.96. The third-order valence-corrected chi connectivity index (χ3v) is 6.80. The van der Waals surface area contributed by atoms with Crippen molar-refractivity contribution in [3.05, 3.63) is 99.6 Å². The molecule has 4 aromatic rings. The first-order chi connectivity index (χ1) is 15.7. The third-order valence-electron chi connectivity index (χ3n) is 6.80. The number of aromatic nitrogens is 1. The largest absolute Gasteiger partial charge is 0.360 e. The molecular weight excluding hydrogens is 394 g/mol. The van der Waals surface area contributed by atoms with Crippen molar-refractivity contribution in [2.75, 3.05) is 0 Å². The molecule has 156 valence electrons. The minimum atomic E-state index is -0.180. The van der Waals surface area contributed by atoms with Crippen LogP contribution in [0.2, 0.25) is 0 Å². The van der Waals surface area contributed by atoms with Gasteiger partial charge in [-0.1, -0.05) is 84.0 Å². The molecule has 3 aromatic carbocycles. The zero-order valence-corrected chi connectivity index (χ0v) is 18.0. The van der Waals surface area contributed by atoms with E-state index < -0.39 is 0 Å². The van der Waals surface area contributed by atoms with Crippen molar-refractivity contribution < 1.29 is 9.32 Å². The lowest BCUT2D eigenvalue weighted by molar-refractivity contribution is 0.0946. The van der Waals surface area contributed by atoms with Crippen LogP contribution in [0.1, 0.15) is 33.7 Å². The molecule has 0 saturated heterocycles. The van der Waals surface area contributed by atoms with Crippen LogP contribution in [-0.4, -0.2) is 10.9 Å². The number of carbonyl (C=O) groups is 1. The van der Waals surface area contributed by atoms with Crippen LogP contribution in [0.15, 0.2) is 71.3 Å². The summed E-state index contributed by atoms with van der Waals surface area (Å²) in [6.07, 6.45) is 7.14. The Morgan fingerprint density at radius 3 is 2.59 bits per heavy atom. The van der Waals surface area contributed by atoms with Gasteiger partial charge in [0.25, 0.3) is 0 Å². The van der Waals surface area contributed by atoms with Crippen molar-refractivity contribution in [1.82, 2.24) is 5.16 Å². The average Bonchev–Trinajstić information content (AvgIpc) is 3.24. The van der Waals surface area contributed by atoms with Crippen molar-refractivity contribution in [1.29, 1.82) is 0 Å². The number of nitrogens with zero attached hydrogens (tertiary/aromatic N) is 1. The van der Waals surface area contributed by atoms with E-state index in [0.717, 1.165) is 24.8 Å². The number of aryl methyl sites for hydroxylation is 2. The highest BCUT2D eigenvalue weighted by molar-refractivity contribution is 6.06. The number of fused-ring (bicyclic) bond motifs is 5. The van der Waals surface area contributed by atoms with E-state index in [1.807, 2.05) is 37.3 Å². The number of Topliss-reactive ketones (excluding diaryl/α,β-unsaturated/α-hetero) is 1. The maximum atomic E-state index is 13.7. The van der Waals surface area contributed by atoms with Crippen molar-refractivity contribution in [3.63, 3.8) is 0 Å². The van der Waals surface area contributed by atoms with Gasteiger partial charge < -0.3 is 4.52 Å². The predicted octanol–water partition coefficient (Wildman–Crippen LogP) is 4.88. The highest BCUT2D eigenvalue weighted by atomic mass is 16.5. The van der Waals surface area contributed by atoms with E-state index in [4.69, 9.17) is 4.52 Å². The Bertz CT molecular complexity index is 1480. The van der Waals surface area contributed by atoms with Gasteiger partial charge >= 0.3 is 0 Å².